The first-order valence-corrected chi connectivity index (χ1v) is 7.79. The molecule has 0 aliphatic heterocycles. The van der Waals surface area contributed by atoms with Crippen LogP contribution in [0, 0.1) is 11.7 Å². The van der Waals surface area contributed by atoms with Crippen molar-refractivity contribution >= 4 is 21.7 Å². The summed E-state index contributed by atoms with van der Waals surface area (Å²) in [6.45, 7) is 2.15. The molecule has 1 aromatic rings. The second-order valence-electron chi connectivity index (χ2n) is 5.71. The zero-order valence-corrected chi connectivity index (χ0v) is 13.5. The van der Waals surface area contributed by atoms with E-state index in [0.29, 0.717) is 16.0 Å². The number of hydrogen-bond acceptors (Lipinski definition) is 2. The molecule has 1 saturated carbocycles. The van der Waals surface area contributed by atoms with E-state index < -0.39 is 5.60 Å². The van der Waals surface area contributed by atoms with Gasteiger partial charge in [0.1, 0.15) is 11.4 Å². The van der Waals surface area contributed by atoms with Crippen LogP contribution in [0.3, 0.4) is 0 Å². The van der Waals surface area contributed by atoms with Crippen LogP contribution in [0.4, 0.5) is 4.39 Å². The number of ketones is 1. The molecule has 0 amide bonds. The zero-order valence-electron chi connectivity index (χ0n) is 11.9. The van der Waals surface area contributed by atoms with Crippen LogP contribution >= 0.6 is 15.9 Å². The van der Waals surface area contributed by atoms with Crippen LogP contribution in [0.2, 0.25) is 0 Å². The van der Waals surface area contributed by atoms with Crippen LogP contribution in [0.15, 0.2) is 22.7 Å². The molecule has 0 spiro atoms. The van der Waals surface area contributed by atoms with Gasteiger partial charge in [0.2, 0.25) is 0 Å². The van der Waals surface area contributed by atoms with Gasteiger partial charge in [0.05, 0.1) is 4.47 Å². The lowest BCUT2D eigenvalue weighted by atomic mass is 9.75. The Balaban J connectivity index is 2.19. The van der Waals surface area contributed by atoms with Gasteiger partial charge in [-0.25, -0.2) is 4.39 Å². The second-order valence-corrected chi connectivity index (χ2v) is 6.51. The number of ether oxygens (including phenoxy) is 1. The molecule has 0 radical (unpaired) electrons. The van der Waals surface area contributed by atoms with Gasteiger partial charge >= 0.3 is 0 Å². The molecule has 110 valence electrons. The van der Waals surface area contributed by atoms with Crippen molar-refractivity contribution in [3.8, 4) is 0 Å². The average Bonchev–Trinajstić information content (AvgIpc) is 2.43. The van der Waals surface area contributed by atoms with Gasteiger partial charge in [0, 0.05) is 13.5 Å². The number of Topliss-reactive ketones (excluding diaryl/α,β-unsaturated/α-hetero) is 1. The van der Waals surface area contributed by atoms with E-state index in [4.69, 9.17) is 4.74 Å². The molecule has 4 heteroatoms. The minimum atomic E-state index is -0.691. The third kappa shape index (κ3) is 3.12. The minimum Gasteiger partial charge on any atom is -0.370 e. The summed E-state index contributed by atoms with van der Waals surface area (Å²) in [7, 11) is 1.61. The molecule has 2 atom stereocenters. The molecular formula is C16H20BrFO2. The molecule has 1 aliphatic rings. The fourth-order valence-electron chi connectivity index (χ4n) is 3.07. The summed E-state index contributed by atoms with van der Waals surface area (Å²) < 4.78 is 19.5. The molecule has 2 nitrogen and oxygen atoms in total. The summed E-state index contributed by atoms with van der Waals surface area (Å²) in [6, 6.07) is 4.79. The fraction of sp³-hybridized carbons (Fsp3) is 0.562. The Morgan fingerprint density at radius 2 is 2.30 bits per heavy atom. The zero-order chi connectivity index (χ0) is 14.8. The van der Waals surface area contributed by atoms with Crippen molar-refractivity contribution < 1.29 is 13.9 Å². The Labute approximate surface area is 127 Å². The summed E-state index contributed by atoms with van der Waals surface area (Å²) >= 11 is 3.22. The highest BCUT2D eigenvalue weighted by atomic mass is 79.9. The predicted octanol–water partition coefficient (Wildman–Crippen LogP) is 4.30. The third-order valence-electron chi connectivity index (χ3n) is 4.24. The van der Waals surface area contributed by atoms with Crippen molar-refractivity contribution in [2.24, 2.45) is 5.92 Å². The molecule has 2 unspecified atom stereocenters. The van der Waals surface area contributed by atoms with Crippen LogP contribution < -0.4 is 0 Å². The van der Waals surface area contributed by atoms with Gasteiger partial charge in [0.25, 0.3) is 0 Å². The summed E-state index contributed by atoms with van der Waals surface area (Å²) in [4.78, 5) is 12.7. The van der Waals surface area contributed by atoms with Gasteiger partial charge in [0.15, 0.2) is 5.78 Å². The number of rotatable bonds is 4. The maximum absolute atomic E-state index is 13.5. The van der Waals surface area contributed by atoms with E-state index >= 15 is 0 Å². The van der Waals surface area contributed by atoms with E-state index in [1.54, 1.807) is 19.2 Å². The van der Waals surface area contributed by atoms with E-state index in [-0.39, 0.29) is 18.0 Å². The molecule has 0 saturated heterocycles. The van der Waals surface area contributed by atoms with Gasteiger partial charge < -0.3 is 4.74 Å². The van der Waals surface area contributed by atoms with Crippen molar-refractivity contribution in [2.75, 3.05) is 7.11 Å². The molecule has 20 heavy (non-hydrogen) atoms. The maximum atomic E-state index is 13.5. The normalized spacial score (nSPS) is 26.5. The molecular weight excluding hydrogens is 323 g/mol. The maximum Gasteiger partial charge on any atom is 0.169 e. The molecule has 0 aromatic heterocycles. The van der Waals surface area contributed by atoms with E-state index in [0.717, 1.165) is 25.7 Å². The Hall–Kier alpha value is -0.740. The first-order valence-electron chi connectivity index (χ1n) is 7.00. The Morgan fingerprint density at radius 3 is 2.95 bits per heavy atom. The van der Waals surface area contributed by atoms with E-state index in [2.05, 4.69) is 22.9 Å². The number of benzene rings is 1. The average molecular weight is 343 g/mol. The Morgan fingerprint density at radius 1 is 1.55 bits per heavy atom. The van der Waals surface area contributed by atoms with Crippen molar-refractivity contribution in [3.63, 3.8) is 0 Å². The predicted molar refractivity (Wildman–Crippen MR) is 80.2 cm³/mol. The summed E-state index contributed by atoms with van der Waals surface area (Å²) in [5.74, 6) is 0.209. The highest BCUT2D eigenvalue weighted by molar-refractivity contribution is 9.10. The smallest absolute Gasteiger partial charge is 0.169 e. The van der Waals surface area contributed by atoms with Gasteiger partial charge in [-0.3, -0.25) is 4.79 Å². The highest BCUT2D eigenvalue weighted by Crippen LogP contribution is 2.36. The van der Waals surface area contributed by atoms with Crippen LogP contribution in [0.5, 0.6) is 0 Å². The number of carbonyl (C=O) groups excluding carboxylic acids is 1. The molecule has 1 fully saturated rings. The first kappa shape index (κ1) is 15.6. The van der Waals surface area contributed by atoms with Gasteiger partial charge in [-0.1, -0.05) is 25.5 Å². The van der Waals surface area contributed by atoms with Crippen LogP contribution in [-0.2, 0) is 16.0 Å². The van der Waals surface area contributed by atoms with Crippen LogP contribution in [0.1, 0.15) is 38.2 Å². The largest absolute Gasteiger partial charge is 0.370 e. The standard InChI is InChI=1S/C16H20BrFO2/c1-11-5-4-8-16(10-11,20-2)14(19)9-12-6-3-7-13(18)15(12)17/h3,6-7,11H,4-5,8-10H2,1-2H3. The fourth-order valence-corrected chi connectivity index (χ4v) is 3.48. The van der Waals surface area contributed by atoms with Gasteiger partial charge in [-0.2, -0.15) is 0 Å². The van der Waals surface area contributed by atoms with Crippen molar-refractivity contribution in [1.82, 2.24) is 0 Å². The summed E-state index contributed by atoms with van der Waals surface area (Å²) in [6.07, 6.45) is 3.88. The van der Waals surface area contributed by atoms with Gasteiger partial charge in [-0.15, -0.1) is 0 Å². The van der Waals surface area contributed by atoms with Crippen molar-refractivity contribution in [3.05, 3.63) is 34.1 Å². The number of hydrogen-bond donors (Lipinski definition) is 0. The topological polar surface area (TPSA) is 26.3 Å². The Kier molecular flexibility index (Phi) is 4.97. The molecule has 1 aromatic carbocycles. The molecule has 0 heterocycles. The van der Waals surface area contributed by atoms with Crippen molar-refractivity contribution in [1.29, 1.82) is 0 Å². The summed E-state index contributed by atoms with van der Waals surface area (Å²) in [5.41, 5.74) is -0.00618. The SMILES string of the molecule is COC1(C(=O)Cc2cccc(F)c2Br)CCCC(C)C1. The van der Waals surface area contributed by atoms with Crippen LogP contribution in [-0.4, -0.2) is 18.5 Å². The molecule has 0 bridgehead atoms. The highest BCUT2D eigenvalue weighted by Gasteiger charge is 2.41. The lowest BCUT2D eigenvalue weighted by Crippen LogP contribution is -2.45. The summed E-state index contributed by atoms with van der Waals surface area (Å²) in [5, 5.41) is 0. The van der Waals surface area contributed by atoms with Gasteiger partial charge in [-0.05, 0) is 52.7 Å². The first-order chi connectivity index (χ1) is 9.48. The van der Waals surface area contributed by atoms with E-state index in [1.165, 1.54) is 6.07 Å². The second kappa shape index (κ2) is 6.35. The lowest BCUT2D eigenvalue weighted by molar-refractivity contribution is -0.146. The van der Waals surface area contributed by atoms with E-state index in [1.807, 2.05) is 0 Å². The quantitative estimate of drug-likeness (QED) is 0.815. The molecule has 2 rings (SSSR count). The minimum absolute atomic E-state index is 0.0536. The third-order valence-corrected chi connectivity index (χ3v) is 5.13. The molecule has 1 aliphatic carbocycles. The lowest BCUT2D eigenvalue weighted by Gasteiger charge is -2.37. The van der Waals surface area contributed by atoms with E-state index in [9.17, 15) is 9.18 Å². The number of carbonyl (C=O) groups is 1. The Bertz CT molecular complexity index is 503. The number of halogens is 2. The van der Waals surface area contributed by atoms with Crippen LogP contribution in [0.25, 0.3) is 0 Å². The number of methoxy groups -OCH3 is 1. The van der Waals surface area contributed by atoms with Crippen molar-refractivity contribution in [2.45, 2.75) is 44.6 Å². The molecule has 0 N–H and O–H groups in total. The monoisotopic (exact) mass is 342 g/mol.